The van der Waals surface area contributed by atoms with Crippen LogP contribution >= 0.6 is 0 Å². The van der Waals surface area contributed by atoms with Crippen LogP contribution in [0.1, 0.15) is 31.2 Å². The van der Waals surface area contributed by atoms with Crippen LogP contribution in [0.5, 0.6) is 5.75 Å². The van der Waals surface area contributed by atoms with E-state index in [-0.39, 0.29) is 0 Å². The molecule has 4 rings (SSSR count). The normalized spacial score (nSPS) is 25.3. The maximum atomic E-state index is 5.94. The Hall–Kier alpha value is -1.14. The van der Waals surface area contributed by atoms with Gasteiger partial charge in [-0.25, -0.2) is 0 Å². The first-order valence-corrected chi connectivity index (χ1v) is 10.8. The van der Waals surface area contributed by atoms with Crippen molar-refractivity contribution in [1.29, 1.82) is 0 Å². The van der Waals surface area contributed by atoms with Gasteiger partial charge in [0.1, 0.15) is 5.75 Å². The molecular weight excluding hydrogens is 338 g/mol. The predicted molar refractivity (Wildman–Crippen MR) is 108 cm³/mol. The molecule has 0 aromatic heterocycles. The molecule has 150 valence electrons. The molecule has 0 aliphatic carbocycles. The zero-order valence-electron chi connectivity index (χ0n) is 16.7. The molecular formula is C22H35N3O2. The van der Waals surface area contributed by atoms with Crippen LogP contribution < -0.4 is 4.74 Å². The van der Waals surface area contributed by atoms with E-state index in [9.17, 15) is 0 Å². The van der Waals surface area contributed by atoms with Crippen molar-refractivity contribution in [2.24, 2.45) is 0 Å². The molecule has 0 amide bonds. The molecule has 5 nitrogen and oxygen atoms in total. The molecule has 0 radical (unpaired) electrons. The van der Waals surface area contributed by atoms with Gasteiger partial charge >= 0.3 is 0 Å². The molecule has 0 spiro atoms. The molecule has 1 aromatic rings. The van der Waals surface area contributed by atoms with Crippen LogP contribution in [0.4, 0.5) is 0 Å². The topological polar surface area (TPSA) is 28.2 Å². The number of morpholine rings is 1. The third-order valence-electron chi connectivity index (χ3n) is 6.21. The fraction of sp³-hybridized carbons (Fsp3) is 0.727. The summed E-state index contributed by atoms with van der Waals surface area (Å²) in [7, 11) is 0. The summed E-state index contributed by atoms with van der Waals surface area (Å²) >= 11 is 0. The highest BCUT2D eigenvalue weighted by atomic mass is 16.5. The molecule has 3 aliphatic heterocycles. The zero-order chi connectivity index (χ0) is 18.3. The highest BCUT2D eigenvalue weighted by Crippen LogP contribution is 2.22. The van der Waals surface area contributed by atoms with Gasteiger partial charge in [0.05, 0.1) is 19.8 Å². The van der Waals surface area contributed by atoms with E-state index in [0.29, 0.717) is 0 Å². The van der Waals surface area contributed by atoms with Crippen LogP contribution in [0.3, 0.4) is 0 Å². The Morgan fingerprint density at radius 3 is 2.59 bits per heavy atom. The lowest BCUT2D eigenvalue weighted by Gasteiger charge is -2.26. The van der Waals surface area contributed by atoms with E-state index in [1.165, 1.54) is 51.0 Å². The Morgan fingerprint density at radius 2 is 1.74 bits per heavy atom. The minimum Gasteiger partial charge on any atom is -0.494 e. The predicted octanol–water partition coefficient (Wildman–Crippen LogP) is 2.46. The van der Waals surface area contributed by atoms with Crippen molar-refractivity contribution >= 4 is 0 Å². The minimum absolute atomic E-state index is 0.792. The molecule has 1 atom stereocenters. The van der Waals surface area contributed by atoms with E-state index >= 15 is 0 Å². The van der Waals surface area contributed by atoms with Crippen LogP contribution in [-0.2, 0) is 11.3 Å². The Morgan fingerprint density at radius 1 is 0.926 bits per heavy atom. The number of ether oxygens (including phenoxy) is 2. The van der Waals surface area contributed by atoms with Gasteiger partial charge in [-0.3, -0.25) is 14.7 Å². The summed E-state index contributed by atoms with van der Waals surface area (Å²) in [4.78, 5) is 7.81. The van der Waals surface area contributed by atoms with Gasteiger partial charge in [0, 0.05) is 38.8 Å². The minimum atomic E-state index is 0.792. The van der Waals surface area contributed by atoms with Crippen molar-refractivity contribution < 1.29 is 9.47 Å². The monoisotopic (exact) mass is 373 g/mol. The summed E-state index contributed by atoms with van der Waals surface area (Å²) in [6, 6.07) is 9.57. The summed E-state index contributed by atoms with van der Waals surface area (Å²) in [6.07, 6.45) is 5.15. The largest absolute Gasteiger partial charge is 0.494 e. The molecule has 1 aromatic carbocycles. The van der Waals surface area contributed by atoms with E-state index in [1.807, 2.05) is 0 Å². The number of fused-ring (bicyclic) bond motifs is 1. The lowest BCUT2D eigenvalue weighted by molar-refractivity contribution is 0.0358. The summed E-state index contributed by atoms with van der Waals surface area (Å²) in [5.41, 5.74) is 1.40. The third kappa shape index (κ3) is 5.67. The SMILES string of the molecule is c1cc(OCCCN2CCOCC2)ccc1CN1CCCN2CCC[C@H]2C1. The molecule has 27 heavy (non-hydrogen) atoms. The summed E-state index contributed by atoms with van der Waals surface area (Å²) in [5.74, 6) is 0.999. The van der Waals surface area contributed by atoms with Gasteiger partial charge in [0.25, 0.3) is 0 Å². The Labute approximate surface area is 164 Å². The highest BCUT2D eigenvalue weighted by Gasteiger charge is 2.28. The van der Waals surface area contributed by atoms with Gasteiger partial charge in [-0.15, -0.1) is 0 Å². The first-order valence-electron chi connectivity index (χ1n) is 10.8. The molecule has 0 bridgehead atoms. The molecule has 3 fully saturated rings. The third-order valence-corrected chi connectivity index (χ3v) is 6.21. The van der Waals surface area contributed by atoms with Crippen molar-refractivity contribution in [1.82, 2.24) is 14.7 Å². The lowest BCUT2D eigenvalue weighted by Crippen LogP contribution is -2.37. The molecule has 0 saturated carbocycles. The average Bonchev–Trinajstić information content (AvgIpc) is 3.05. The average molecular weight is 374 g/mol. The number of rotatable bonds is 7. The van der Waals surface area contributed by atoms with E-state index in [0.717, 1.165) is 64.2 Å². The second kappa shape index (κ2) is 9.87. The van der Waals surface area contributed by atoms with Gasteiger partial charge in [0.15, 0.2) is 0 Å². The van der Waals surface area contributed by atoms with Crippen molar-refractivity contribution in [2.45, 2.75) is 38.3 Å². The second-order valence-electron chi connectivity index (χ2n) is 8.22. The number of nitrogens with zero attached hydrogens (tertiary/aromatic N) is 3. The lowest BCUT2D eigenvalue weighted by atomic mass is 10.1. The smallest absolute Gasteiger partial charge is 0.119 e. The standard InChI is InChI=1S/C22H35N3O2/c1-4-21-19-24(9-2-12-25(21)11-1)18-20-5-7-22(8-6-20)27-15-3-10-23-13-16-26-17-14-23/h5-8,21H,1-4,9-19H2/t21-/m0/s1. The van der Waals surface area contributed by atoms with Gasteiger partial charge in [0.2, 0.25) is 0 Å². The molecule has 0 N–H and O–H groups in total. The molecule has 0 unspecified atom stereocenters. The molecule has 3 saturated heterocycles. The van der Waals surface area contributed by atoms with Gasteiger partial charge in [-0.1, -0.05) is 12.1 Å². The Balaban J connectivity index is 1.18. The Kier molecular flexibility index (Phi) is 7.02. The zero-order valence-corrected chi connectivity index (χ0v) is 16.7. The van der Waals surface area contributed by atoms with Crippen LogP contribution in [0, 0.1) is 0 Å². The van der Waals surface area contributed by atoms with Crippen molar-refractivity contribution in [2.75, 3.05) is 65.6 Å². The first-order chi connectivity index (χ1) is 13.4. The fourth-order valence-electron chi connectivity index (χ4n) is 4.68. The van der Waals surface area contributed by atoms with E-state index in [1.54, 1.807) is 0 Å². The fourth-order valence-corrected chi connectivity index (χ4v) is 4.68. The summed E-state index contributed by atoms with van der Waals surface area (Å²) in [6.45, 7) is 11.9. The van der Waals surface area contributed by atoms with Gasteiger partial charge < -0.3 is 9.47 Å². The van der Waals surface area contributed by atoms with E-state index < -0.39 is 0 Å². The van der Waals surface area contributed by atoms with Gasteiger partial charge in [-0.2, -0.15) is 0 Å². The molecule has 3 aliphatic rings. The second-order valence-corrected chi connectivity index (χ2v) is 8.22. The number of benzene rings is 1. The molecule has 3 heterocycles. The van der Waals surface area contributed by atoms with Gasteiger partial charge in [-0.05, 0) is 63.0 Å². The van der Waals surface area contributed by atoms with Crippen molar-refractivity contribution in [3.05, 3.63) is 29.8 Å². The Bertz CT molecular complexity index is 559. The maximum Gasteiger partial charge on any atom is 0.119 e. The van der Waals surface area contributed by atoms with Crippen LogP contribution in [0.25, 0.3) is 0 Å². The van der Waals surface area contributed by atoms with Crippen molar-refractivity contribution in [3.8, 4) is 5.75 Å². The first kappa shape index (κ1) is 19.2. The number of hydrogen-bond acceptors (Lipinski definition) is 5. The van der Waals surface area contributed by atoms with Crippen molar-refractivity contribution in [3.63, 3.8) is 0 Å². The van der Waals surface area contributed by atoms with Crippen LogP contribution in [0.15, 0.2) is 24.3 Å². The van der Waals surface area contributed by atoms with Crippen LogP contribution in [0.2, 0.25) is 0 Å². The maximum absolute atomic E-state index is 5.94. The van der Waals surface area contributed by atoms with Crippen LogP contribution in [-0.4, -0.2) is 86.4 Å². The quantitative estimate of drug-likeness (QED) is 0.685. The number of hydrogen-bond donors (Lipinski definition) is 0. The summed E-state index contributed by atoms with van der Waals surface area (Å²) in [5, 5.41) is 0. The highest BCUT2D eigenvalue weighted by molar-refractivity contribution is 5.27. The van der Waals surface area contributed by atoms with E-state index in [4.69, 9.17) is 9.47 Å². The summed E-state index contributed by atoms with van der Waals surface area (Å²) < 4.78 is 11.3. The molecule has 5 heteroatoms. The van der Waals surface area contributed by atoms with E-state index in [2.05, 4.69) is 39.0 Å².